The zero-order valence-corrected chi connectivity index (χ0v) is 17.2. The number of fused-ring (bicyclic) bond motifs is 1. The van der Waals surface area contributed by atoms with Crippen LogP contribution in [0.4, 0.5) is 0 Å². The molecule has 0 unspecified atom stereocenters. The van der Waals surface area contributed by atoms with Crippen LogP contribution >= 0.6 is 15.9 Å². The first-order valence-electron chi connectivity index (χ1n) is 9.56. The van der Waals surface area contributed by atoms with Gasteiger partial charge in [0.15, 0.2) is 0 Å². The highest BCUT2D eigenvalue weighted by atomic mass is 79.9. The van der Waals surface area contributed by atoms with Crippen molar-refractivity contribution in [3.63, 3.8) is 0 Å². The Hall–Kier alpha value is -2.40. The minimum absolute atomic E-state index is 0.0237. The number of carbonyl (C=O) groups excluding carboxylic acids is 2. The van der Waals surface area contributed by atoms with E-state index in [4.69, 9.17) is 4.74 Å². The van der Waals surface area contributed by atoms with E-state index in [1.807, 2.05) is 36.4 Å². The van der Waals surface area contributed by atoms with Crippen molar-refractivity contribution in [3.05, 3.63) is 83.6 Å². The summed E-state index contributed by atoms with van der Waals surface area (Å²) < 4.78 is 5.32. The number of hydrogen-bond acceptors (Lipinski definition) is 3. The van der Waals surface area contributed by atoms with Crippen LogP contribution in [0.3, 0.4) is 0 Å². The molecule has 0 N–H and O–H groups in total. The summed E-state index contributed by atoms with van der Waals surface area (Å²) in [6.07, 6.45) is 2.48. The molecular weight excluding hydrogens is 418 g/mol. The van der Waals surface area contributed by atoms with Crippen LogP contribution in [-0.2, 0) is 16.0 Å². The Kier molecular flexibility index (Phi) is 5.36. The summed E-state index contributed by atoms with van der Waals surface area (Å²) in [7, 11) is 0. The van der Waals surface area contributed by atoms with Crippen molar-refractivity contribution in [2.24, 2.45) is 11.8 Å². The van der Waals surface area contributed by atoms with Crippen molar-refractivity contribution in [3.8, 4) is 0 Å². The smallest absolute Gasteiger partial charge is 0.335 e. The molecule has 1 amide bonds. The zero-order valence-electron chi connectivity index (χ0n) is 15.6. The third-order valence-corrected chi connectivity index (χ3v) is 6.63. The van der Waals surface area contributed by atoms with E-state index in [0.717, 1.165) is 6.42 Å². The number of alkyl halides is 1. The third-order valence-electron chi connectivity index (χ3n) is 5.48. The van der Waals surface area contributed by atoms with Crippen LogP contribution in [0, 0.1) is 11.8 Å². The van der Waals surface area contributed by atoms with Gasteiger partial charge < -0.3 is 9.64 Å². The van der Waals surface area contributed by atoms with Crippen LogP contribution in [0.2, 0.25) is 0 Å². The number of hydrogen-bond donors (Lipinski definition) is 0. The monoisotopic (exact) mass is 439 g/mol. The van der Waals surface area contributed by atoms with Crippen LogP contribution < -0.4 is 0 Å². The fourth-order valence-electron chi connectivity index (χ4n) is 4.07. The number of esters is 1. The third kappa shape index (κ3) is 3.51. The van der Waals surface area contributed by atoms with Gasteiger partial charge in [-0.15, -0.1) is 0 Å². The standard InChI is InChI=1S/C23H22BrNO3/c1-2-28-23(27)18-14-25(22(26)16-11-7-4-8-12-16)21-19(20(21)24)17(18)13-15-9-5-3-6-10-15/h3-12,14,17,19-21H,2,13H2,1H3/t17-,19-,20-,21-/m0/s1. The maximum Gasteiger partial charge on any atom is 0.335 e. The van der Waals surface area contributed by atoms with Crippen molar-refractivity contribution in [1.29, 1.82) is 0 Å². The quantitative estimate of drug-likeness (QED) is 0.517. The van der Waals surface area contributed by atoms with Gasteiger partial charge in [-0.2, -0.15) is 0 Å². The summed E-state index contributed by atoms with van der Waals surface area (Å²) >= 11 is 3.75. The van der Waals surface area contributed by atoms with Crippen molar-refractivity contribution in [2.45, 2.75) is 24.2 Å². The maximum atomic E-state index is 13.1. The van der Waals surface area contributed by atoms with Crippen molar-refractivity contribution < 1.29 is 14.3 Å². The second-order valence-electron chi connectivity index (χ2n) is 7.19. The first-order chi connectivity index (χ1) is 13.6. The Morgan fingerprint density at radius 2 is 1.68 bits per heavy atom. The lowest BCUT2D eigenvalue weighted by Gasteiger charge is -2.29. The summed E-state index contributed by atoms with van der Waals surface area (Å²) in [6.45, 7) is 2.11. The molecule has 4 atom stereocenters. The summed E-state index contributed by atoms with van der Waals surface area (Å²) in [4.78, 5) is 27.7. The number of benzene rings is 2. The molecule has 144 valence electrons. The molecule has 2 aromatic rings. The SMILES string of the molecule is CCOC(=O)C1=CN(C(=O)c2ccccc2)[C@@H]2[C@@H](Br)[C@@H]2[C@H]1Cc1ccccc1. The molecule has 2 aliphatic rings. The van der Waals surface area contributed by atoms with Crippen molar-refractivity contribution >= 4 is 27.8 Å². The first-order valence-corrected chi connectivity index (χ1v) is 10.5. The van der Waals surface area contributed by atoms with Crippen molar-refractivity contribution in [2.75, 3.05) is 6.61 Å². The molecule has 4 nitrogen and oxygen atoms in total. The highest BCUT2D eigenvalue weighted by Gasteiger charge is 2.60. The summed E-state index contributed by atoms with van der Waals surface area (Å²) in [5.74, 6) is -0.204. The molecular formula is C23H22BrNO3. The zero-order chi connectivity index (χ0) is 19.7. The second kappa shape index (κ2) is 7.92. The molecule has 0 radical (unpaired) electrons. The van der Waals surface area contributed by atoms with Gasteiger partial charge >= 0.3 is 5.97 Å². The molecule has 1 aliphatic heterocycles. The van der Waals surface area contributed by atoms with E-state index in [0.29, 0.717) is 17.7 Å². The number of nitrogens with zero attached hydrogens (tertiary/aromatic N) is 1. The largest absolute Gasteiger partial charge is 0.463 e. The fourth-order valence-corrected chi connectivity index (χ4v) is 5.19. The van der Waals surface area contributed by atoms with Gasteiger partial charge in [-0.1, -0.05) is 64.5 Å². The van der Waals surface area contributed by atoms with E-state index in [1.165, 1.54) is 5.56 Å². The molecule has 5 heteroatoms. The van der Waals surface area contributed by atoms with Crippen molar-refractivity contribution in [1.82, 2.24) is 4.90 Å². The second-order valence-corrected chi connectivity index (χ2v) is 8.25. The summed E-state index contributed by atoms with van der Waals surface area (Å²) in [5.41, 5.74) is 2.38. The van der Waals surface area contributed by atoms with Crippen LogP contribution in [0.5, 0.6) is 0 Å². The lowest BCUT2D eigenvalue weighted by Crippen LogP contribution is -2.37. The Morgan fingerprint density at radius 3 is 2.32 bits per heavy atom. The topological polar surface area (TPSA) is 46.6 Å². The van der Waals surface area contributed by atoms with Gasteiger partial charge in [0.05, 0.1) is 18.2 Å². The molecule has 4 rings (SSSR count). The Balaban J connectivity index is 1.68. The van der Waals surface area contributed by atoms with Crippen LogP contribution in [0.15, 0.2) is 72.4 Å². The van der Waals surface area contributed by atoms with Gasteiger partial charge in [-0.05, 0) is 31.0 Å². The average Bonchev–Trinajstić information content (AvgIpc) is 3.40. The van der Waals surface area contributed by atoms with E-state index in [9.17, 15) is 9.59 Å². The van der Waals surface area contributed by atoms with E-state index >= 15 is 0 Å². The predicted octanol–water partition coefficient (Wildman–Crippen LogP) is 4.21. The Labute approximate surface area is 173 Å². The van der Waals surface area contributed by atoms with Gasteiger partial charge in [0, 0.05) is 28.4 Å². The molecule has 0 spiro atoms. The normalized spacial score (nSPS) is 25.5. The minimum atomic E-state index is -0.334. The first kappa shape index (κ1) is 18.9. The average molecular weight is 440 g/mol. The van der Waals surface area contributed by atoms with E-state index in [-0.39, 0.29) is 34.6 Å². The molecule has 1 heterocycles. The predicted molar refractivity (Wildman–Crippen MR) is 111 cm³/mol. The molecule has 2 aromatic carbocycles. The lowest BCUT2D eigenvalue weighted by atomic mass is 9.86. The summed E-state index contributed by atoms with van der Waals surface area (Å²) in [5, 5.41) is 0. The number of rotatable bonds is 5. The number of halogens is 1. The Bertz CT molecular complexity index is 897. The van der Waals surface area contributed by atoms with Gasteiger partial charge in [0.2, 0.25) is 0 Å². The van der Waals surface area contributed by atoms with Crippen LogP contribution in [0.25, 0.3) is 0 Å². The number of amides is 1. The summed E-state index contributed by atoms with van der Waals surface area (Å²) in [6, 6.07) is 19.4. The van der Waals surface area contributed by atoms with E-state index in [1.54, 1.807) is 30.2 Å². The van der Waals surface area contributed by atoms with Gasteiger partial charge in [-0.3, -0.25) is 4.79 Å². The number of ether oxygens (including phenoxy) is 1. The molecule has 0 bridgehead atoms. The van der Waals surface area contributed by atoms with E-state index < -0.39 is 0 Å². The Morgan fingerprint density at radius 1 is 1.04 bits per heavy atom. The van der Waals surface area contributed by atoms with Crippen LogP contribution in [0.1, 0.15) is 22.8 Å². The minimum Gasteiger partial charge on any atom is -0.463 e. The lowest BCUT2D eigenvalue weighted by molar-refractivity contribution is -0.139. The van der Waals surface area contributed by atoms with E-state index in [2.05, 4.69) is 28.1 Å². The highest BCUT2D eigenvalue weighted by molar-refractivity contribution is 9.09. The molecule has 0 aromatic heterocycles. The van der Waals surface area contributed by atoms with Crippen LogP contribution in [-0.4, -0.2) is 34.3 Å². The van der Waals surface area contributed by atoms with Gasteiger partial charge in [0.25, 0.3) is 5.91 Å². The molecule has 1 saturated carbocycles. The molecule has 1 fully saturated rings. The highest BCUT2D eigenvalue weighted by Crippen LogP contribution is 2.54. The van der Waals surface area contributed by atoms with Gasteiger partial charge in [-0.25, -0.2) is 4.79 Å². The fraction of sp³-hybridized carbons (Fsp3) is 0.304. The molecule has 0 saturated heterocycles. The maximum absolute atomic E-state index is 13.1. The molecule has 1 aliphatic carbocycles. The number of carbonyl (C=O) groups is 2. The van der Waals surface area contributed by atoms with Gasteiger partial charge in [0.1, 0.15) is 0 Å². The molecule has 28 heavy (non-hydrogen) atoms.